The van der Waals surface area contributed by atoms with E-state index in [1.165, 1.54) is 6.07 Å². The van der Waals surface area contributed by atoms with Crippen LogP contribution in [0.15, 0.2) is 18.2 Å². The third-order valence-electron chi connectivity index (χ3n) is 3.86. The molecule has 2 atom stereocenters. The number of nitrogens with one attached hydrogen (secondary N) is 1. The Kier molecular flexibility index (Phi) is 4.16. The SMILES string of the molecule is Cc1cc(C(CC2CCC(F)(F)C2)NN)ccc1F. The molecule has 106 valence electrons. The lowest BCUT2D eigenvalue weighted by Crippen LogP contribution is -2.29. The third-order valence-corrected chi connectivity index (χ3v) is 3.86. The van der Waals surface area contributed by atoms with E-state index in [4.69, 9.17) is 5.84 Å². The van der Waals surface area contributed by atoms with Gasteiger partial charge in [0.05, 0.1) is 0 Å². The van der Waals surface area contributed by atoms with E-state index in [9.17, 15) is 13.2 Å². The van der Waals surface area contributed by atoms with Crippen molar-refractivity contribution < 1.29 is 13.2 Å². The highest BCUT2D eigenvalue weighted by Crippen LogP contribution is 2.42. The van der Waals surface area contributed by atoms with Crippen LogP contribution in [0.3, 0.4) is 0 Å². The highest BCUT2D eigenvalue weighted by atomic mass is 19.3. The zero-order valence-electron chi connectivity index (χ0n) is 10.9. The summed E-state index contributed by atoms with van der Waals surface area (Å²) in [5.74, 6) is 2.66. The molecule has 3 N–H and O–H groups in total. The maximum atomic E-state index is 13.2. The first-order valence-electron chi connectivity index (χ1n) is 6.51. The van der Waals surface area contributed by atoms with Gasteiger partial charge in [-0.15, -0.1) is 0 Å². The molecule has 0 heterocycles. The lowest BCUT2D eigenvalue weighted by molar-refractivity contribution is 0.00430. The van der Waals surface area contributed by atoms with Gasteiger partial charge >= 0.3 is 0 Å². The molecule has 0 amide bonds. The average molecular weight is 272 g/mol. The highest BCUT2D eigenvalue weighted by molar-refractivity contribution is 5.26. The van der Waals surface area contributed by atoms with E-state index in [0.717, 1.165) is 5.56 Å². The number of alkyl halides is 2. The third kappa shape index (κ3) is 3.48. The number of rotatable bonds is 4. The first kappa shape index (κ1) is 14.3. The van der Waals surface area contributed by atoms with E-state index >= 15 is 0 Å². The van der Waals surface area contributed by atoms with Crippen molar-refractivity contribution in [2.45, 2.75) is 44.6 Å². The number of hydrazine groups is 1. The molecule has 0 saturated heterocycles. The molecule has 1 fully saturated rings. The van der Waals surface area contributed by atoms with E-state index in [2.05, 4.69) is 5.43 Å². The van der Waals surface area contributed by atoms with Crippen molar-refractivity contribution in [3.05, 3.63) is 35.1 Å². The number of nitrogens with two attached hydrogens (primary N) is 1. The molecule has 19 heavy (non-hydrogen) atoms. The van der Waals surface area contributed by atoms with Crippen LogP contribution in [0.2, 0.25) is 0 Å². The highest BCUT2D eigenvalue weighted by Gasteiger charge is 2.40. The summed E-state index contributed by atoms with van der Waals surface area (Å²) in [5, 5.41) is 0. The number of hydrogen-bond acceptors (Lipinski definition) is 2. The Morgan fingerprint density at radius 2 is 2.21 bits per heavy atom. The van der Waals surface area contributed by atoms with Crippen molar-refractivity contribution in [2.75, 3.05) is 0 Å². The van der Waals surface area contributed by atoms with Gasteiger partial charge in [-0.3, -0.25) is 11.3 Å². The van der Waals surface area contributed by atoms with E-state index < -0.39 is 5.92 Å². The van der Waals surface area contributed by atoms with E-state index in [0.29, 0.717) is 18.4 Å². The fourth-order valence-electron chi connectivity index (χ4n) is 2.76. The van der Waals surface area contributed by atoms with Gasteiger partial charge in [-0.25, -0.2) is 13.2 Å². The maximum Gasteiger partial charge on any atom is 0.248 e. The summed E-state index contributed by atoms with van der Waals surface area (Å²) in [7, 11) is 0. The normalized spacial score (nSPS) is 23.5. The summed E-state index contributed by atoms with van der Waals surface area (Å²) < 4.78 is 39.6. The van der Waals surface area contributed by atoms with Gasteiger partial charge in [0.2, 0.25) is 5.92 Å². The predicted octanol–water partition coefficient (Wildman–Crippen LogP) is 3.46. The Balaban J connectivity index is 2.06. The van der Waals surface area contributed by atoms with Crippen molar-refractivity contribution >= 4 is 0 Å². The summed E-state index contributed by atoms with van der Waals surface area (Å²) >= 11 is 0. The van der Waals surface area contributed by atoms with Crippen LogP contribution in [-0.4, -0.2) is 5.92 Å². The smallest absolute Gasteiger partial charge is 0.248 e. The molecule has 2 rings (SSSR count). The molecule has 0 bridgehead atoms. The lowest BCUT2D eigenvalue weighted by Gasteiger charge is -2.21. The van der Waals surface area contributed by atoms with Gasteiger partial charge < -0.3 is 0 Å². The van der Waals surface area contributed by atoms with Crippen LogP contribution in [0.1, 0.15) is 42.9 Å². The number of halogens is 3. The first-order valence-corrected chi connectivity index (χ1v) is 6.51. The molecule has 0 aliphatic heterocycles. The molecule has 0 aromatic heterocycles. The summed E-state index contributed by atoms with van der Waals surface area (Å²) in [6.07, 6.45) is 0.950. The molecule has 2 nitrogen and oxygen atoms in total. The van der Waals surface area contributed by atoms with Crippen molar-refractivity contribution in [3.8, 4) is 0 Å². The minimum atomic E-state index is -2.54. The summed E-state index contributed by atoms with van der Waals surface area (Å²) in [6.45, 7) is 1.68. The second-order valence-corrected chi connectivity index (χ2v) is 5.43. The van der Waals surface area contributed by atoms with Crippen LogP contribution in [0.5, 0.6) is 0 Å². The fourth-order valence-corrected chi connectivity index (χ4v) is 2.76. The van der Waals surface area contributed by atoms with E-state index in [1.807, 2.05) is 0 Å². The Morgan fingerprint density at radius 1 is 1.47 bits per heavy atom. The van der Waals surface area contributed by atoms with Crippen molar-refractivity contribution in [1.82, 2.24) is 5.43 Å². The molecular weight excluding hydrogens is 253 g/mol. The van der Waals surface area contributed by atoms with Gasteiger partial charge in [-0.1, -0.05) is 12.1 Å². The van der Waals surface area contributed by atoms with Crippen LogP contribution >= 0.6 is 0 Å². The molecule has 1 aromatic rings. The van der Waals surface area contributed by atoms with Gasteiger partial charge in [0.25, 0.3) is 0 Å². The Labute approximate surface area is 111 Å². The molecule has 1 aromatic carbocycles. The van der Waals surface area contributed by atoms with Crippen LogP contribution < -0.4 is 11.3 Å². The lowest BCUT2D eigenvalue weighted by atomic mass is 9.93. The van der Waals surface area contributed by atoms with Crippen molar-refractivity contribution in [3.63, 3.8) is 0 Å². The van der Waals surface area contributed by atoms with Gasteiger partial charge in [-0.2, -0.15) is 0 Å². The van der Waals surface area contributed by atoms with Crippen LogP contribution in [-0.2, 0) is 0 Å². The van der Waals surface area contributed by atoms with Crippen molar-refractivity contribution in [2.24, 2.45) is 11.8 Å². The molecule has 1 aliphatic rings. The monoisotopic (exact) mass is 272 g/mol. The summed E-state index contributed by atoms with van der Waals surface area (Å²) in [4.78, 5) is 0. The van der Waals surface area contributed by atoms with Gasteiger partial charge in [0.15, 0.2) is 0 Å². The minimum absolute atomic E-state index is 0.0404. The molecule has 0 radical (unpaired) electrons. The summed E-state index contributed by atoms with van der Waals surface area (Å²) in [6, 6.07) is 4.55. The van der Waals surface area contributed by atoms with Crippen molar-refractivity contribution in [1.29, 1.82) is 0 Å². The zero-order valence-corrected chi connectivity index (χ0v) is 10.9. The van der Waals surface area contributed by atoms with Crippen LogP contribution in [0.4, 0.5) is 13.2 Å². The topological polar surface area (TPSA) is 38.0 Å². The number of hydrogen-bond donors (Lipinski definition) is 2. The minimum Gasteiger partial charge on any atom is -0.271 e. The van der Waals surface area contributed by atoms with E-state index in [-0.39, 0.29) is 30.6 Å². The number of aryl methyl sites for hydroxylation is 1. The quantitative estimate of drug-likeness (QED) is 0.650. The second kappa shape index (κ2) is 5.51. The number of benzene rings is 1. The molecule has 0 spiro atoms. The summed E-state index contributed by atoms with van der Waals surface area (Å²) in [5.41, 5.74) is 4.03. The Bertz CT molecular complexity index is 448. The first-order chi connectivity index (χ1) is 8.91. The Hall–Kier alpha value is -1.07. The predicted molar refractivity (Wildman–Crippen MR) is 68.1 cm³/mol. The van der Waals surface area contributed by atoms with Crippen LogP contribution in [0.25, 0.3) is 0 Å². The van der Waals surface area contributed by atoms with Gasteiger partial charge in [-0.05, 0) is 42.9 Å². The zero-order chi connectivity index (χ0) is 14.0. The molecule has 1 saturated carbocycles. The average Bonchev–Trinajstić information content (AvgIpc) is 2.69. The standard InChI is InChI=1S/C14H19F3N2/c1-9-6-11(2-3-12(9)15)13(19-18)7-10-4-5-14(16,17)8-10/h2-3,6,10,13,19H,4-5,7-8,18H2,1H3. The second-order valence-electron chi connectivity index (χ2n) is 5.43. The molecule has 2 unspecified atom stereocenters. The maximum absolute atomic E-state index is 13.2. The molecule has 5 heteroatoms. The van der Waals surface area contributed by atoms with E-state index in [1.54, 1.807) is 19.1 Å². The molecular formula is C14H19F3N2. The van der Waals surface area contributed by atoms with Gasteiger partial charge in [0.1, 0.15) is 5.82 Å². The largest absolute Gasteiger partial charge is 0.271 e. The van der Waals surface area contributed by atoms with Crippen LogP contribution in [0, 0.1) is 18.7 Å². The van der Waals surface area contributed by atoms with Gasteiger partial charge in [0, 0.05) is 18.9 Å². The Morgan fingerprint density at radius 3 is 2.74 bits per heavy atom. The molecule has 1 aliphatic carbocycles. The fraction of sp³-hybridized carbons (Fsp3) is 0.571.